The highest BCUT2D eigenvalue weighted by molar-refractivity contribution is 7.21. The first-order valence-electron chi connectivity index (χ1n) is 8.12. The third-order valence-electron chi connectivity index (χ3n) is 4.26. The van der Waals surface area contributed by atoms with Crippen molar-refractivity contribution < 1.29 is 4.74 Å². The molecule has 0 N–H and O–H groups in total. The fourth-order valence-electron chi connectivity index (χ4n) is 3.10. The van der Waals surface area contributed by atoms with Crippen LogP contribution in [0.1, 0.15) is 6.42 Å². The number of hydrogen-bond acceptors (Lipinski definition) is 5. The molecular weight excluding hydrogens is 318 g/mol. The van der Waals surface area contributed by atoms with Crippen molar-refractivity contribution in [2.24, 2.45) is 0 Å². The standard InChI is InChI=1S/C19H19N3OS/c1-2-10-23-15-8-9-22(12-15)18-16-11-17(14-6-4-3-5-7-14)24-19(16)21-13-20-18/h2-7,11,13,15H,1,8-10,12H2. The normalized spacial score (nSPS) is 17.5. The molecule has 1 unspecified atom stereocenters. The first kappa shape index (κ1) is 15.3. The van der Waals surface area contributed by atoms with Crippen molar-refractivity contribution in [3.8, 4) is 10.4 Å². The minimum Gasteiger partial charge on any atom is -0.372 e. The van der Waals surface area contributed by atoms with E-state index in [0.29, 0.717) is 6.61 Å². The molecule has 1 fully saturated rings. The van der Waals surface area contributed by atoms with Gasteiger partial charge in [0, 0.05) is 18.0 Å². The summed E-state index contributed by atoms with van der Waals surface area (Å²) in [6.07, 6.45) is 4.74. The summed E-state index contributed by atoms with van der Waals surface area (Å²) in [5.41, 5.74) is 1.22. The van der Waals surface area contributed by atoms with Crippen LogP contribution in [-0.4, -0.2) is 35.8 Å². The van der Waals surface area contributed by atoms with Gasteiger partial charge >= 0.3 is 0 Å². The summed E-state index contributed by atoms with van der Waals surface area (Å²) in [5, 5.41) is 1.13. The largest absolute Gasteiger partial charge is 0.372 e. The van der Waals surface area contributed by atoms with Gasteiger partial charge in [-0.3, -0.25) is 0 Å². The second-order valence-corrected chi connectivity index (χ2v) is 6.90. The first-order valence-corrected chi connectivity index (χ1v) is 8.94. The van der Waals surface area contributed by atoms with Crippen molar-refractivity contribution in [1.82, 2.24) is 9.97 Å². The third kappa shape index (κ3) is 2.92. The van der Waals surface area contributed by atoms with Crippen LogP contribution in [0.5, 0.6) is 0 Å². The maximum absolute atomic E-state index is 5.79. The van der Waals surface area contributed by atoms with Gasteiger partial charge in [-0.1, -0.05) is 36.4 Å². The Balaban J connectivity index is 1.65. The molecule has 0 saturated carbocycles. The van der Waals surface area contributed by atoms with Crippen LogP contribution in [0.4, 0.5) is 5.82 Å². The molecule has 1 aromatic carbocycles. The number of anilines is 1. The van der Waals surface area contributed by atoms with E-state index in [0.717, 1.165) is 35.5 Å². The molecule has 0 aliphatic carbocycles. The summed E-state index contributed by atoms with van der Waals surface area (Å²) in [5.74, 6) is 1.02. The highest BCUT2D eigenvalue weighted by Gasteiger charge is 2.25. The number of hydrogen-bond donors (Lipinski definition) is 0. The summed E-state index contributed by atoms with van der Waals surface area (Å²) in [6, 6.07) is 12.6. The Kier molecular flexibility index (Phi) is 4.28. The molecule has 0 amide bonds. The second-order valence-electron chi connectivity index (χ2n) is 5.87. The van der Waals surface area contributed by atoms with Crippen LogP contribution in [0.15, 0.2) is 55.4 Å². The number of nitrogens with zero attached hydrogens (tertiary/aromatic N) is 3. The van der Waals surface area contributed by atoms with Crippen molar-refractivity contribution in [1.29, 1.82) is 0 Å². The molecule has 1 aliphatic rings. The molecule has 1 atom stereocenters. The Morgan fingerprint density at radius 1 is 1.29 bits per heavy atom. The zero-order valence-corrected chi connectivity index (χ0v) is 14.2. The van der Waals surface area contributed by atoms with Crippen molar-refractivity contribution >= 4 is 27.4 Å². The number of rotatable bonds is 5. The molecule has 3 aromatic rings. The van der Waals surface area contributed by atoms with Crippen molar-refractivity contribution in [2.75, 3.05) is 24.6 Å². The molecule has 3 heterocycles. The van der Waals surface area contributed by atoms with E-state index in [1.807, 2.05) is 6.07 Å². The van der Waals surface area contributed by atoms with Gasteiger partial charge in [0.2, 0.25) is 0 Å². The summed E-state index contributed by atoms with van der Waals surface area (Å²) in [7, 11) is 0. The van der Waals surface area contributed by atoms with Crippen LogP contribution < -0.4 is 4.90 Å². The molecule has 5 heteroatoms. The lowest BCUT2D eigenvalue weighted by molar-refractivity contribution is 0.0909. The van der Waals surface area contributed by atoms with E-state index in [-0.39, 0.29) is 6.10 Å². The number of ether oxygens (including phenoxy) is 1. The van der Waals surface area contributed by atoms with Gasteiger partial charge in [-0.15, -0.1) is 17.9 Å². The van der Waals surface area contributed by atoms with Gasteiger partial charge in [-0.05, 0) is 18.1 Å². The average Bonchev–Trinajstić information content (AvgIpc) is 3.27. The molecule has 2 aromatic heterocycles. The van der Waals surface area contributed by atoms with E-state index in [4.69, 9.17) is 4.74 Å². The Morgan fingerprint density at radius 2 is 2.17 bits per heavy atom. The molecule has 0 bridgehead atoms. The van der Waals surface area contributed by atoms with E-state index < -0.39 is 0 Å². The molecule has 24 heavy (non-hydrogen) atoms. The van der Waals surface area contributed by atoms with Crippen LogP contribution in [0.2, 0.25) is 0 Å². The summed E-state index contributed by atoms with van der Waals surface area (Å²) in [6.45, 7) is 6.15. The predicted octanol–water partition coefficient (Wildman–Crippen LogP) is 4.14. The molecule has 0 spiro atoms. The smallest absolute Gasteiger partial charge is 0.140 e. The van der Waals surface area contributed by atoms with Gasteiger partial charge in [0.15, 0.2) is 0 Å². The van der Waals surface area contributed by atoms with E-state index in [2.05, 4.69) is 51.8 Å². The van der Waals surface area contributed by atoms with Crippen molar-refractivity contribution in [3.63, 3.8) is 0 Å². The van der Waals surface area contributed by atoms with Gasteiger partial charge in [-0.2, -0.15) is 0 Å². The predicted molar refractivity (Wildman–Crippen MR) is 99.6 cm³/mol. The van der Waals surface area contributed by atoms with E-state index in [1.165, 1.54) is 10.4 Å². The van der Waals surface area contributed by atoms with Gasteiger partial charge in [0.25, 0.3) is 0 Å². The number of thiophene rings is 1. The lowest BCUT2D eigenvalue weighted by atomic mass is 10.2. The highest BCUT2D eigenvalue weighted by atomic mass is 32.1. The van der Waals surface area contributed by atoms with Crippen molar-refractivity contribution in [3.05, 3.63) is 55.4 Å². The molecular formula is C19H19N3OS. The fourth-order valence-corrected chi connectivity index (χ4v) is 4.10. The van der Waals surface area contributed by atoms with Crippen LogP contribution in [0, 0.1) is 0 Å². The van der Waals surface area contributed by atoms with E-state index >= 15 is 0 Å². The number of benzene rings is 1. The summed E-state index contributed by atoms with van der Waals surface area (Å²) in [4.78, 5) is 13.6. The third-order valence-corrected chi connectivity index (χ3v) is 5.35. The van der Waals surface area contributed by atoms with Gasteiger partial charge in [0.1, 0.15) is 17.0 Å². The monoisotopic (exact) mass is 337 g/mol. The molecule has 4 nitrogen and oxygen atoms in total. The maximum atomic E-state index is 5.79. The van der Waals surface area contributed by atoms with Crippen LogP contribution >= 0.6 is 11.3 Å². The molecule has 4 rings (SSSR count). The first-order chi connectivity index (χ1) is 11.8. The SMILES string of the molecule is C=CCOC1CCN(c2ncnc3sc(-c4ccccc4)cc23)C1. The van der Waals surface area contributed by atoms with E-state index in [9.17, 15) is 0 Å². The van der Waals surface area contributed by atoms with Crippen LogP contribution in [0.3, 0.4) is 0 Å². The summed E-state index contributed by atoms with van der Waals surface area (Å²) >= 11 is 1.72. The lowest BCUT2D eigenvalue weighted by Gasteiger charge is -2.17. The van der Waals surface area contributed by atoms with Crippen molar-refractivity contribution in [2.45, 2.75) is 12.5 Å². The van der Waals surface area contributed by atoms with Gasteiger partial charge in [-0.25, -0.2) is 9.97 Å². The maximum Gasteiger partial charge on any atom is 0.140 e. The minimum absolute atomic E-state index is 0.250. The average molecular weight is 337 g/mol. The fraction of sp³-hybridized carbons (Fsp3) is 0.263. The zero-order chi connectivity index (χ0) is 16.4. The highest BCUT2D eigenvalue weighted by Crippen LogP contribution is 2.36. The van der Waals surface area contributed by atoms with Gasteiger partial charge in [0.05, 0.1) is 18.1 Å². The molecule has 1 saturated heterocycles. The molecule has 1 aliphatic heterocycles. The Morgan fingerprint density at radius 3 is 3.00 bits per heavy atom. The number of aromatic nitrogens is 2. The Hall–Kier alpha value is -2.24. The Bertz CT molecular complexity index is 846. The van der Waals surface area contributed by atoms with E-state index in [1.54, 1.807) is 23.7 Å². The van der Waals surface area contributed by atoms with Gasteiger partial charge < -0.3 is 9.64 Å². The minimum atomic E-state index is 0.250. The molecule has 0 radical (unpaired) electrons. The molecule has 122 valence electrons. The number of fused-ring (bicyclic) bond motifs is 1. The Labute approximate surface area is 145 Å². The van der Waals surface area contributed by atoms with Crippen LogP contribution in [-0.2, 0) is 4.74 Å². The topological polar surface area (TPSA) is 38.2 Å². The summed E-state index contributed by atoms with van der Waals surface area (Å²) < 4.78 is 5.79. The zero-order valence-electron chi connectivity index (χ0n) is 13.4. The van der Waals surface area contributed by atoms with Crippen LogP contribution in [0.25, 0.3) is 20.7 Å². The quantitative estimate of drug-likeness (QED) is 0.656. The second kappa shape index (κ2) is 6.71. The lowest BCUT2D eigenvalue weighted by Crippen LogP contribution is -2.24.